The molecule has 1 aromatic heterocycles. The zero-order chi connectivity index (χ0) is 19.4. The summed E-state index contributed by atoms with van der Waals surface area (Å²) in [6.07, 6.45) is 0. The quantitative estimate of drug-likeness (QED) is 0.667. The molecule has 27 heavy (non-hydrogen) atoms. The summed E-state index contributed by atoms with van der Waals surface area (Å²) in [5.41, 5.74) is 2.85. The maximum Gasteiger partial charge on any atom is 0.247 e. The zero-order valence-electron chi connectivity index (χ0n) is 16.1. The monoisotopic (exact) mass is 369 g/mol. The fourth-order valence-corrected chi connectivity index (χ4v) is 2.70. The first-order valence-electron chi connectivity index (χ1n) is 8.52. The third-order valence-corrected chi connectivity index (χ3v) is 4.16. The SMILES string of the molecule is COc1cc(NC(C)c2nnc(-c3ccc(C)cc3)o2)cc(OC)c1OC. The highest BCUT2D eigenvalue weighted by molar-refractivity contribution is 5.63. The van der Waals surface area contributed by atoms with Gasteiger partial charge in [-0.05, 0) is 26.0 Å². The third kappa shape index (κ3) is 3.97. The molecule has 3 aromatic rings. The summed E-state index contributed by atoms with van der Waals surface area (Å²) in [7, 11) is 4.73. The van der Waals surface area contributed by atoms with Gasteiger partial charge in [0.05, 0.1) is 21.3 Å². The van der Waals surface area contributed by atoms with Gasteiger partial charge in [-0.25, -0.2) is 0 Å². The largest absolute Gasteiger partial charge is 0.493 e. The van der Waals surface area contributed by atoms with Crippen molar-refractivity contribution in [3.05, 3.63) is 47.9 Å². The van der Waals surface area contributed by atoms with E-state index in [1.165, 1.54) is 5.56 Å². The minimum absolute atomic E-state index is 0.209. The van der Waals surface area contributed by atoms with E-state index in [4.69, 9.17) is 18.6 Å². The minimum atomic E-state index is -0.209. The lowest BCUT2D eigenvalue weighted by atomic mass is 10.1. The number of hydrogen-bond donors (Lipinski definition) is 1. The summed E-state index contributed by atoms with van der Waals surface area (Å²) in [6, 6.07) is 11.4. The van der Waals surface area contributed by atoms with Crippen molar-refractivity contribution in [1.29, 1.82) is 0 Å². The molecule has 0 spiro atoms. The van der Waals surface area contributed by atoms with Crippen LogP contribution in [-0.2, 0) is 0 Å². The zero-order valence-corrected chi connectivity index (χ0v) is 16.1. The first kappa shape index (κ1) is 18.6. The van der Waals surface area contributed by atoms with Gasteiger partial charge in [0.2, 0.25) is 17.5 Å². The van der Waals surface area contributed by atoms with E-state index in [1.807, 2.05) is 50.2 Å². The van der Waals surface area contributed by atoms with Crippen molar-refractivity contribution >= 4 is 5.69 Å². The van der Waals surface area contributed by atoms with Crippen molar-refractivity contribution in [3.8, 4) is 28.7 Å². The van der Waals surface area contributed by atoms with Crippen molar-refractivity contribution in [2.24, 2.45) is 0 Å². The number of anilines is 1. The number of nitrogens with one attached hydrogen (secondary N) is 1. The van der Waals surface area contributed by atoms with Gasteiger partial charge < -0.3 is 23.9 Å². The Kier molecular flexibility index (Phi) is 5.49. The van der Waals surface area contributed by atoms with E-state index in [0.29, 0.717) is 29.0 Å². The van der Waals surface area contributed by atoms with E-state index >= 15 is 0 Å². The van der Waals surface area contributed by atoms with E-state index in [9.17, 15) is 0 Å². The minimum Gasteiger partial charge on any atom is -0.493 e. The number of rotatable bonds is 7. The van der Waals surface area contributed by atoms with E-state index in [-0.39, 0.29) is 6.04 Å². The molecule has 0 fully saturated rings. The molecule has 7 nitrogen and oxygen atoms in total. The van der Waals surface area contributed by atoms with E-state index in [1.54, 1.807) is 21.3 Å². The highest BCUT2D eigenvalue weighted by Gasteiger charge is 2.18. The van der Waals surface area contributed by atoms with Crippen molar-refractivity contribution < 1.29 is 18.6 Å². The van der Waals surface area contributed by atoms with Crippen LogP contribution in [0.5, 0.6) is 17.2 Å². The first-order chi connectivity index (χ1) is 13.0. The van der Waals surface area contributed by atoms with Gasteiger partial charge in [-0.15, -0.1) is 10.2 Å². The average Bonchev–Trinajstić information content (AvgIpc) is 3.18. The molecule has 0 bridgehead atoms. The first-order valence-corrected chi connectivity index (χ1v) is 8.52. The second-order valence-electron chi connectivity index (χ2n) is 6.09. The lowest BCUT2D eigenvalue weighted by molar-refractivity contribution is 0.324. The van der Waals surface area contributed by atoms with Crippen LogP contribution in [0.25, 0.3) is 11.5 Å². The molecule has 2 aromatic carbocycles. The molecule has 3 rings (SSSR count). The highest BCUT2D eigenvalue weighted by Crippen LogP contribution is 2.40. The third-order valence-electron chi connectivity index (χ3n) is 4.16. The Morgan fingerprint density at radius 3 is 2.11 bits per heavy atom. The number of nitrogens with zero attached hydrogens (tertiary/aromatic N) is 2. The number of ether oxygens (including phenoxy) is 3. The van der Waals surface area contributed by atoms with E-state index in [0.717, 1.165) is 11.3 Å². The molecular weight excluding hydrogens is 346 g/mol. The molecule has 0 saturated carbocycles. The van der Waals surface area contributed by atoms with Crippen LogP contribution in [0.1, 0.15) is 24.4 Å². The van der Waals surface area contributed by atoms with Gasteiger partial charge in [-0.1, -0.05) is 17.7 Å². The summed E-state index contributed by atoms with van der Waals surface area (Å²) < 4.78 is 21.9. The fourth-order valence-electron chi connectivity index (χ4n) is 2.70. The molecular formula is C20H23N3O4. The molecule has 1 N–H and O–H groups in total. The van der Waals surface area contributed by atoms with Gasteiger partial charge >= 0.3 is 0 Å². The molecule has 7 heteroatoms. The van der Waals surface area contributed by atoms with Crippen LogP contribution in [0.3, 0.4) is 0 Å². The summed E-state index contributed by atoms with van der Waals surface area (Å²) in [5.74, 6) is 2.65. The molecule has 0 radical (unpaired) electrons. The molecule has 142 valence electrons. The number of benzene rings is 2. The predicted octanol–water partition coefficient (Wildman–Crippen LogP) is 4.24. The smallest absolute Gasteiger partial charge is 0.247 e. The Morgan fingerprint density at radius 1 is 0.926 bits per heavy atom. The second kappa shape index (κ2) is 7.99. The van der Waals surface area contributed by atoms with Crippen LogP contribution >= 0.6 is 0 Å². The second-order valence-corrected chi connectivity index (χ2v) is 6.09. The maximum atomic E-state index is 5.83. The Hall–Kier alpha value is -3.22. The fraction of sp³-hybridized carbons (Fsp3) is 0.300. The summed E-state index contributed by atoms with van der Waals surface area (Å²) >= 11 is 0. The van der Waals surface area contributed by atoms with Crippen molar-refractivity contribution in [2.75, 3.05) is 26.6 Å². The Morgan fingerprint density at radius 2 is 1.56 bits per heavy atom. The molecule has 0 aliphatic heterocycles. The van der Waals surface area contributed by atoms with Crippen LogP contribution in [-0.4, -0.2) is 31.5 Å². The van der Waals surface area contributed by atoms with Gasteiger partial charge in [0.15, 0.2) is 11.5 Å². The van der Waals surface area contributed by atoms with Crippen LogP contribution < -0.4 is 19.5 Å². The summed E-state index contributed by atoms with van der Waals surface area (Å²) in [6.45, 7) is 3.97. The van der Waals surface area contributed by atoms with Crippen molar-refractivity contribution in [1.82, 2.24) is 10.2 Å². The molecule has 0 aliphatic carbocycles. The summed E-state index contributed by atoms with van der Waals surface area (Å²) in [5, 5.41) is 11.6. The highest BCUT2D eigenvalue weighted by atomic mass is 16.5. The molecule has 0 saturated heterocycles. The predicted molar refractivity (Wildman–Crippen MR) is 103 cm³/mol. The summed E-state index contributed by atoms with van der Waals surface area (Å²) in [4.78, 5) is 0. The Labute approximate surface area is 158 Å². The number of hydrogen-bond acceptors (Lipinski definition) is 7. The standard InChI is InChI=1S/C20H23N3O4/c1-12-6-8-14(9-7-12)20-23-22-19(27-20)13(2)21-15-10-16(24-3)18(26-5)17(11-15)25-4/h6-11,13,21H,1-5H3. The molecule has 1 atom stereocenters. The van der Waals surface area contributed by atoms with Crippen molar-refractivity contribution in [3.63, 3.8) is 0 Å². The Balaban J connectivity index is 1.81. The Bertz CT molecular complexity index is 881. The van der Waals surface area contributed by atoms with E-state index in [2.05, 4.69) is 15.5 Å². The van der Waals surface area contributed by atoms with Gasteiger partial charge in [0, 0.05) is 23.4 Å². The number of aromatic nitrogens is 2. The van der Waals surface area contributed by atoms with Crippen LogP contribution in [0.2, 0.25) is 0 Å². The normalized spacial score (nSPS) is 11.7. The maximum absolute atomic E-state index is 5.83. The molecule has 1 heterocycles. The van der Waals surface area contributed by atoms with Gasteiger partial charge in [-0.3, -0.25) is 0 Å². The lowest BCUT2D eigenvalue weighted by Crippen LogP contribution is -2.08. The van der Waals surface area contributed by atoms with Gasteiger partial charge in [0.1, 0.15) is 6.04 Å². The number of methoxy groups -OCH3 is 3. The van der Waals surface area contributed by atoms with E-state index < -0.39 is 0 Å². The van der Waals surface area contributed by atoms with Gasteiger partial charge in [-0.2, -0.15) is 0 Å². The van der Waals surface area contributed by atoms with Crippen molar-refractivity contribution in [2.45, 2.75) is 19.9 Å². The molecule has 1 unspecified atom stereocenters. The average molecular weight is 369 g/mol. The van der Waals surface area contributed by atoms with Crippen LogP contribution in [0.4, 0.5) is 5.69 Å². The van der Waals surface area contributed by atoms with Crippen LogP contribution in [0.15, 0.2) is 40.8 Å². The van der Waals surface area contributed by atoms with Gasteiger partial charge in [0.25, 0.3) is 0 Å². The lowest BCUT2D eigenvalue weighted by Gasteiger charge is -2.17. The topological polar surface area (TPSA) is 78.6 Å². The number of aryl methyl sites for hydroxylation is 1. The van der Waals surface area contributed by atoms with Crippen LogP contribution in [0, 0.1) is 6.92 Å². The molecule has 0 aliphatic rings. The molecule has 0 amide bonds.